The van der Waals surface area contributed by atoms with E-state index in [0.29, 0.717) is 66.0 Å². The van der Waals surface area contributed by atoms with Crippen molar-refractivity contribution in [3.63, 3.8) is 0 Å². The SMILES string of the molecule is C=C(Nc1ccc(Cl)c(Cl)c1)/C(C)=C(\N=C(/N)OC)C(=O)N1CCC(NC2CCOCC2F)CC1. The zero-order valence-corrected chi connectivity index (χ0v) is 21.5. The van der Waals surface area contributed by atoms with Crippen molar-refractivity contribution in [2.24, 2.45) is 10.7 Å². The Morgan fingerprint density at radius 3 is 2.63 bits per heavy atom. The molecule has 2 heterocycles. The number of carbonyl (C=O) groups is 1. The van der Waals surface area contributed by atoms with Gasteiger partial charge in [0.25, 0.3) is 11.9 Å². The predicted molar refractivity (Wildman–Crippen MR) is 137 cm³/mol. The average molecular weight is 528 g/mol. The number of rotatable bonds is 7. The van der Waals surface area contributed by atoms with Gasteiger partial charge in [0.05, 0.1) is 23.8 Å². The molecular weight excluding hydrogens is 496 g/mol. The van der Waals surface area contributed by atoms with Crippen molar-refractivity contribution in [3.8, 4) is 0 Å². The number of likely N-dealkylation sites (tertiary alicyclic amines) is 1. The first-order chi connectivity index (χ1) is 16.7. The highest BCUT2D eigenvalue weighted by atomic mass is 35.5. The molecule has 0 saturated carbocycles. The number of amides is 1. The fourth-order valence-electron chi connectivity index (χ4n) is 4.03. The van der Waals surface area contributed by atoms with E-state index in [-0.39, 0.29) is 36.3 Å². The summed E-state index contributed by atoms with van der Waals surface area (Å²) in [5.74, 6) is -0.285. The summed E-state index contributed by atoms with van der Waals surface area (Å²) in [5.41, 5.74) is 7.53. The van der Waals surface area contributed by atoms with Gasteiger partial charge in [-0.25, -0.2) is 4.39 Å². The number of ether oxygens (including phenoxy) is 2. The summed E-state index contributed by atoms with van der Waals surface area (Å²) in [6, 6.07) is 4.85. The van der Waals surface area contributed by atoms with Crippen LogP contribution < -0.4 is 16.4 Å². The lowest BCUT2D eigenvalue weighted by Gasteiger charge is -2.36. The summed E-state index contributed by atoms with van der Waals surface area (Å²) in [5, 5.41) is 7.34. The first-order valence-corrected chi connectivity index (χ1v) is 12.2. The van der Waals surface area contributed by atoms with Gasteiger partial charge in [-0.3, -0.25) is 4.79 Å². The molecule has 0 aromatic heterocycles. The van der Waals surface area contributed by atoms with Gasteiger partial charge in [-0.1, -0.05) is 29.8 Å². The highest BCUT2D eigenvalue weighted by molar-refractivity contribution is 6.42. The maximum atomic E-state index is 14.1. The predicted octanol–water partition coefficient (Wildman–Crippen LogP) is 3.86. The Bertz CT molecular complexity index is 995. The summed E-state index contributed by atoms with van der Waals surface area (Å²) < 4.78 is 24.3. The number of aliphatic imine (C=N–C) groups is 1. The third kappa shape index (κ3) is 7.33. The molecule has 2 atom stereocenters. The second kappa shape index (κ2) is 12.6. The number of hydrogen-bond acceptors (Lipinski definition) is 6. The summed E-state index contributed by atoms with van der Waals surface area (Å²) in [7, 11) is 1.38. The van der Waals surface area contributed by atoms with Crippen LogP contribution in [-0.2, 0) is 14.3 Å². The Labute approximate surface area is 215 Å². The molecule has 192 valence electrons. The molecule has 0 radical (unpaired) electrons. The highest BCUT2D eigenvalue weighted by Gasteiger charge is 2.31. The van der Waals surface area contributed by atoms with E-state index >= 15 is 0 Å². The molecule has 2 aliphatic rings. The van der Waals surface area contributed by atoms with Crippen LogP contribution in [0.3, 0.4) is 0 Å². The van der Waals surface area contributed by atoms with Crippen LogP contribution in [0.5, 0.6) is 0 Å². The highest BCUT2D eigenvalue weighted by Crippen LogP contribution is 2.27. The van der Waals surface area contributed by atoms with Gasteiger partial charge in [-0.05, 0) is 44.4 Å². The first kappa shape index (κ1) is 27.3. The lowest BCUT2D eigenvalue weighted by molar-refractivity contribution is -0.128. The van der Waals surface area contributed by atoms with E-state index in [4.69, 9.17) is 38.4 Å². The smallest absolute Gasteiger partial charge is 0.287 e. The van der Waals surface area contributed by atoms with Crippen LogP contribution in [0.2, 0.25) is 10.0 Å². The number of nitrogens with two attached hydrogens (primary N) is 1. The Hall–Kier alpha value is -2.33. The standard InChI is InChI=1S/C24H32Cl2FN5O3/c1-14(15(2)29-17-4-5-18(25)19(26)12-17)22(31-24(28)34-3)23(33)32-9-6-16(7-10-32)30-21-8-11-35-13-20(21)27/h4-5,12,16,20-21,29-30H,2,6-11,13H2,1,3H3,(H2,28,31)/b22-14-. The number of methoxy groups -OCH3 is 1. The van der Waals surface area contributed by atoms with Crippen LogP contribution in [0.4, 0.5) is 10.1 Å². The molecule has 1 aromatic carbocycles. The number of piperidine rings is 1. The van der Waals surface area contributed by atoms with Gasteiger partial charge in [0.1, 0.15) is 11.9 Å². The zero-order valence-electron chi connectivity index (χ0n) is 20.0. The van der Waals surface area contributed by atoms with Gasteiger partial charge >= 0.3 is 0 Å². The number of alkyl halides is 1. The molecule has 11 heteroatoms. The van der Waals surface area contributed by atoms with Crippen LogP contribution >= 0.6 is 23.2 Å². The molecule has 1 amide bonds. The van der Waals surface area contributed by atoms with E-state index in [2.05, 4.69) is 22.2 Å². The van der Waals surface area contributed by atoms with Crippen molar-refractivity contribution in [2.75, 3.05) is 38.7 Å². The summed E-state index contributed by atoms with van der Waals surface area (Å²) >= 11 is 12.1. The fourth-order valence-corrected chi connectivity index (χ4v) is 4.32. The second-order valence-corrected chi connectivity index (χ2v) is 9.39. The average Bonchev–Trinajstić information content (AvgIpc) is 2.85. The van der Waals surface area contributed by atoms with Gasteiger partial charge in [-0.2, -0.15) is 4.99 Å². The van der Waals surface area contributed by atoms with Crippen molar-refractivity contribution >= 4 is 40.8 Å². The number of amidine groups is 1. The Balaban J connectivity index is 1.70. The third-order valence-corrected chi connectivity index (χ3v) is 6.91. The van der Waals surface area contributed by atoms with Crippen LogP contribution in [0.15, 0.2) is 46.7 Å². The van der Waals surface area contributed by atoms with E-state index < -0.39 is 6.17 Å². The minimum absolute atomic E-state index is 0.126. The molecule has 2 saturated heterocycles. The number of halogens is 3. The lowest BCUT2D eigenvalue weighted by atomic mass is 10.00. The van der Waals surface area contributed by atoms with Crippen LogP contribution in [-0.4, -0.2) is 68.5 Å². The number of nitrogens with one attached hydrogen (secondary N) is 2. The van der Waals surface area contributed by atoms with Gasteiger partial charge in [0.15, 0.2) is 0 Å². The van der Waals surface area contributed by atoms with Crippen molar-refractivity contribution in [1.82, 2.24) is 10.2 Å². The number of nitrogens with zero attached hydrogens (tertiary/aromatic N) is 2. The molecule has 0 spiro atoms. The minimum Gasteiger partial charge on any atom is -0.469 e. The van der Waals surface area contributed by atoms with Gasteiger partial charge < -0.3 is 30.7 Å². The molecule has 0 bridgehead atoms. The Morgan fingerprint density at radius 2 is 2.00 bits per heavy atom. The zero-order chi connectivity index (χ0) is 25.5. The third-order valence-electron chi connectivity index (χ3n) is 6.18. The quantitative estimate of drug-likeness (QED) is 0.215. The Kier molecular flexibility index (Phi) is 9.80. The van der Waals surface area contributed by atoms with Crippen LogP contribution in [0.25, 0.3) is 0 Å². The molecule has 2 aliphatic heterocycles. The van der Waals surface area contributed by atoms with Crippen molar-refractivity contribution in [3.05, 3.63) is 51.8 Å². The normalized spacial score (nSPS) is 22.4. The molecule has 35 heavy (non-hydrogen) atoms. The summed E-state index contributed by atoms with van der Waals surface area (Å²) in [6.07, 6.45) is 1.04. The molecule has 2 fully saturated rings. The maximum absolute atomic E-state index is 14.1. The van der Waals surface area contributed by atoms with Gasteiger partial charge in [0.2, 0.25) is 0 Å². The van der Waals surface area contributed by atoms with E-state index in [1.54, 1.807) is 30.0 Å². The lowest BCUT2D eigenvalue weighted by Crippen LogP contribution is -2.52. The summed E-state index contributed by atoms with van der Waals surface area (Å²) in [6.45, 7) is 7.46. The Morgan fingerprint density at radius 1 is 1.29 bits per heavy atom. The first-order valence-electron chi connectivity index (χ1n) is 11.5. The molecule has 8 nitrogen and oxygen atoms in total. The molecule has 4 N–H and O–H groups in total. The second-order valence-electron chi connectivity index (χ2n) is 8.58. The molecule has 2 unspecified atom stereocenters. The van der Waals surface area contributed by atoms with Crippen molar-refractivity contribution in [2.45, 2.75) is 44.4 Å². The topological polar surface area (TPSA) is 101 Å². The van der Waals surface area contributed by atoms with Crippen LogP contribution in [0, 0.1) is 0 Å². The van der Waals surface area contributed by atoms with E-state index in [0.717, 1.165) is 0 Å². The number of benzene rings is 1. The number of hydrogen-bond donors (Lipinski definition) is 3. The molecule has 3 rings (SSSR count). The van der Waals surface area contributed by atoms with E-state index in [1.807, 2.05) is 0 Å². The maximum Gasteiger partial charge on any atom is 0.287 e. The van der Waals surface area contributed by atoms with Crippen molar-refractivity contribution < 1.29 is 18.7 Å². The number of carbonyl (C=O) groups excluding carboxylic acids is 1. The van der Waals surface area contributed by atoms with Gasteiger partial charge in [0, 0.05) is 48.7 Å². The van der Waals surface area contributed by atoms with Crippen molar-refractivity contribution in [1.29, 1.82) is 0 Å². The fraction of sp³-hybridized carbons (Fsp3) is 0.500. The summed E-state index contributed by atoms with van der Waals surface area (Å²) in [4.78, 5) is 19.4. The largest absolute Gasteiger partial charge is 0.469 e. The molecular formula is C24H32Cl2FN5O3. The van der Waals surface area contributed by atoms with Crippen LogP contribution in [0.1, 0.15) is 26.2 Å². The van der Waals surface area contributed by atoms with Gasteiger partial charge in [-0.15, -0.1) is 0 Å². The number of anilines is 1. The van der Waals surface area contributed by atoms with E-state index in [1.165, 1.54) is 7.11 Å². The van der Waals surface area contributed by atoms with E-state index in [9.17, 15) is 9.18 Å². The minimum atomic E-state index is -1.01. The molecule has 0 aliphatic carbocycles. The number of allylic oxidation sites excluding steroid dienone is 1. The molecule has 1 aromatic rings. The monoisotopic (exact) mass is 527 g/mol.